The molecule has 1 fully saturated rings. The first kappa shape index (κ1) is 12.4. The summed E-state index contributed by atoms with van der Waals surface area (Å²) in [7, 11) is 0. The third-order valence-corrected chi connectivity index (χ3v) is 3.56. The summed E-state index contributed by atoms with van der Waals surface area (Å²) in [5.74, 6) is 0. The molecule has 0 aromatic carbocycles. The zero-order valence-electron chi connectivity index (χ0n) is 11.1. The maximum atomic E-state index is 4.29. The van der Waals surface area contributed by atoms with Crippen molar-refractivity contribution in [1.29, 1.82) is 0 Å². The van der Waals surface area contributed by atoms with E-state index in [9.17, 15) is 0 Å². The van der Waals surface area contributed by atoms with Gasteiger partial charge in [0.15, 0.2) is 0 Å². The van der Waals surface area contributed by atoms with Gasteiger partial charge in [-0.1, -0.05) is 6.92 Å². The molecule has 0 radical (unpaired) electrons. The number of nitrogens with zero attached hydrogens (tertiary/aromatic N) is 2. The fourth-order valence-corrected chi connectivity index (χ4v) is 2.73. The molecular weight excluding hydrogens is 210 g/mol. The molecule has 0 amide bonds. The van der Waals surface area contributed by atoms with Crippen molar-refractivity contribution in [1.82, 2.24) is 10.3 Å². The van der Waals surface area contributed by atoms with Crippen LogP contribution in [0.15, 0.2) is 18.5 Å². The quantitative estimate of drug-likeness (QED) is 0.868. The van der Waals surface area contributed by atoms with E-state index >= 15 is 0 Å². The van der Waals surface area contributed by atoms with E-state index in [1.54, 1.807) is 0 Å². The van der Waals surface area contributed by atoms with Crippen LogP contribution in [0.25, 0.3) is 0 Å². The number of nitrogens with one attached hydrogen (secondary N) is 1. The molecule has 3 heteroatoms. The van der Waals surface area contributed by atoms with Crippen molar-refractivity contribution < 1.29 is 0 Å². The number of pyridine rings is 1. The first-order valence-corrected chi connectivity index (χ1v) is 6.62. The molecule has 94 valence electrons. The molecule has 1 aliphatic rings. The largest absolute Gasteiger partial charge is 0.367 e. The summed E-state index contributed by atoms with van der Waals surface area (Å²) in [4.78, 5) is 6.77. The van der Waals surface area contributed by atoms with Crippen molar-refractivity contribution in [2.45, 2.75) is 45.7 Å². The van der Waals surface area contributed by atoms with Crippen LogP contribution in [0.3, 0.4) is 0 Å². The summed E-state index contributed by atoms with van der Waals surface area (Å²) in [6.07, 6.45) is 6.35. The zero-order valence-corrected chi connectivity index (χ0v) is 11.1. The summed E-state index contributed by atoms with van der Waals surface area (Å²) in [5, 5.41) is 3.56. The predicted octanol–water partition coefficient (Wildman–Crippen LogP) is 2.36. The van der Waals surface area contributed by atoms with Crippen LogP contribution in [0, 0.1) is 6.92 Å². The second-order valence-electron chi connectivity index (χ2n) is 5.04. The number of hydrogen-bond acceptors (Lipinski definition) is 3. The highest BCUT2D eigenvalue weighted by Crippen LogP contribution is 2.24. The van der Waals surface area contributed by atoms with Crippen molar-refractivity contribution in [2.75, 3.05) is 18.0 Å². The van der Waals surface area contributed by atoms with Gasteiger partial charge in [0.1, 0.15) is 0 Å². The van der Waals surface area contributed by atoms with Crippen LogP contribution in [-0.4, -0.2) is 30.2 Å². The minimum atomic E-state index is 0.594. The van der Waals surface area contributed by atoms with E-state index in [-0.39, 0.29) is 0 Å². The van der Waals surface area contributed by atoms with Gasteiger partial charge in [-0.25, -0.2) is 0 Å². The van der Waals surface area contributed by atoms with E-state index < -0.39 is 0 Å². The number of anilines is 1. The summed E-state index contributed by atoms with van der Waals surface area (Å²) in [5.41, 5.74) is 2.51. The van der Waals surface area contributed by atoms with Gasteiger partial charge in [0, 0.05) is 24.8 Å². The van der Waals surface area contributed by atoms with Crippen LogP contribution in [0.1, 0.15) is 32.3 Å². The Balaban J connectivity index is 2.04. The molecule has 0 bridgehead atoms. The van der Waals surface area contributed by atoms with Crippen molar-refractivity contribution in [3.63, 3.8) is 0 Å². The molecule has 1 saturated heterocycles. The van der Waals surface area contributed by atoms with Crippen molar-refractivity contribution in [3.8, 4) is 0 Å². The van der Waals surface area contributed by atoms with Crippen LogP contribution in [0.5, 0.6) is 0 Å². The topological polar surface area (TPSA) is 28.2 Å². The lowest BCUT2D eigenvalue weighted by Gasteiger charge is -2.39. The second-order valence-corrected chi connectivity index (χ2v) is 5.04. The molecule has 1 aromatic heterocycles. The van der Waals surface area contributed by atoms with Crippen molar-refractivity contribution >= 4 is 5.69 Å². The van der Waals surface area contributed by atoms with Crippen LogP contribution in [0.2, 0.25) is 0 Å². The Morgan fingerprint density at radius 2 is 2.29 bits per heavy atom. The van der Waals surface area contributed by atoms with Gasteiger partial charge in [-0.3, -0.25) is 4.98 Å². The Labute approximate surface area is 104 Å². The number of hydrogen-bond donors (Lipinski definition) is 1. The molecule has 17 heavy (non-hydrogen) atoms. The molecule has 2 atom stereocenters. The highest BCUT2D eigenvalue weighted by atomic mass is 15.2. The maximum absolute atomic E-state index is 4.29. The summed E-state index contributed by atoms with van der Waals surface area (Å²) in [6.45, 7) is 8.80. The fraction of sp³-hybridized carbons (Fsp3) is 0.643. The third kappa shape index (κ3) is 2.97. The Kier molecular flexibility index (Phi) is 4.00. The van der Waals surface area contributed by atoms with Gasteiger partial charge in [-0.05, 0) is 44.9 Å². The number of aryl methyl sites for hydroxylation is 1. The maximum Gasteiger partial charge on any atom is 0.0557 e. The molecular formula is C14H23N3. The molecule has 2 heterocycles. The summed E-state index contributed by atoms with van der Waals surface area (Å²) < 4.78 is 0. The Morgan fingerprint density at radius 3 is 2.94 bits per heavy atom. The number of rotatable bonds is 3. The van der Waals surface area contributed by atoms with Crippen molar-refractivity contribution in [2.24, 2.45) is 0 Å². The minimum absolute atomic E-state index is 0.594. The molecule has 1 aromatic rings. The molecule has 0 aliphatic carbocycles. The third-order valence-electron chi connectivity index (χ3n) is 3.56. The molecule has 1 N–H and O–H groups in total. The number of piperidine rings is 1. The highest BCUT2D eigenvalue weighted by molar-refractivity contribution is 5.47. The van der Waals surface area contributed by atoms with E-state index in [2.05, 4.69) is 42.0 Å². The smallest absolute Gasteiger partial charge is 0.0557 e. The summed E-state index contributed by atoms with van der Waals surface area (Å²) in [6, 6.07) is 3.51. The van der Waals surface area contributed by atoms with Crippen LogP contribution in [0.4, 0.5) is 5.69 Å². The van der Waals surface area contributed by atoms with Gasteiger partial charge in [0.2, 0.25) is 0 Å². The molecule has 3 nitrogen and oxygen atoms in total. The van der Waals surface area contributed by atoms with Crippen LogP contribution in [-0.2, 0) is 0 Å². The lowest BCUT2D eigenvalue weighted by atomic mass is 9.97. The Bertz CT molecular complexity index is 364. The number of aromatic nitrogens is 1. The summed E-state index contributed by atoms with van der Waals surface area (Å²) >= 11 is 0. The van der Waals surface area contributed by atoms with Crippen LogP contribution >= 0.6 is 0 Å². The lowest BCUT2D eigenvalue weighted by Crippen LogP contribution is -2.47. The SMILES string of the molecule is CCNC1CCN(c2cncc(C)c2)C(C)C1. The second kappa shape index (κ2) is 5.50. The Morgan fingerprint density at radius 1 is 1.47 bits per heavy atom. The van der Waals surface area contributed by atoms with Gasteiger partial charge in [0.05, 0.1) is 11.9 Å². The highest BCUT2D eigenvalue weighted by Gasteiger charge is 2.25. The lowest BCUT2D eigenvalue weighted by molar-refractivity contribution is 0.374. The average Bonchev–Trinajstić information content (AvgIpc) is 2.29. The molecule has 0 saturated carbocycles. The van der Waals surface area contributed by atoms with Gasteiger partial charge in [-0.2, -0.15) is 0 Å². The van der Waals surface area contributed by atoms with E-state index in [1.807, 2.05) is 12.4 Å². The zero-order chi connectivity index (χ0) is 12.3. The van der Waals surface area contributed by atoms with Gasteiger partial charge < -0.3 is 10.2 Å². The standard InChI is InChI=1S/C14H23N3/c1-4-16-13-5-6-17(12(3)8-13)14-7-11(2)9-15-10-14/h7,9-10,12-13,16H,4-6,8H2,1-3H3. The van der Waals surface area contributed by atoms with E-state index in [4.69, 9.17) is 0 Å². The molecule has 2 unspecified atom stereocenters. The first-order chi connectivity index (χ1) is 8.20. The van der Waals surface area contributed by atoms with E-state index in [1.165, 1.54) is 24.1 Å². The molecule has 2 rings (SSSR count). The van der Waals surface area contributed by atoms with E-state index in [0.29, 0.717) is 12.1 Å². The van der Waals surface area contributed by atoms with Gasteiger partial charge in [0.25, 0.3) is 0 Å². The Hall–Kier alpha value is -1.09. The van der Waals surface area contributed by atoms with Crippen molar-refractivity contribution in [3.05, 3.63) is 24.0 Å². The predicted molar refractivity (Wildman–Crippen MR) is 72.5 cm³/mol. The first-order valence-electron chi connectivity index (χ1n) is 6.62. The van der Waals surface area contributed by atoms with Crippen LogP contribution < -0.4 is 10.2 Å². The average molecular weight is 233 g/mol. The normalized spacial score (nSPS) is 25.0. The van der Waals surface area contributed by atoms with E-state index in [0.717, 1.165) is 13.1 Å². The van der Waals surface area contributed by atoms with Gasteiger partial charge in [-0.15, -0.1) is 0 Å². The molecule has 1 aliphatic heterocycles. The fourth-order valence-electron chi connectivity index (χ4n) is 2.73. The molecule has 0 spiro atoms. The van der Waals surface area contributed by atoms with Gasteiger partial charge >= 0.3 is 0 Å². The minimum Gasteiger partial charge on any atom is -0.367 e. The monoisotopic (exact) mass is 233 g/mol.